The zero-order chi connectivity index (χ0) is 21.0. The Bertz CT molecular complexity index is 1080. The molecule has 3 aromatic carbocycles. The molecule has 0 aliphatic rings. The zero-order valence-corrected chi connectivity index (χ0v) is 14.7. The number of benzene rings is 3. The Morgan fingerprint density at radius 3 is 1.90 bits per heavy atom. The normalized spacial score (nSPS) is 10.3. The van der Waals surface area contributed by atoms with E-state index in [9.17, 15) is 28.3 Å². The lowest BCUT2D eigenvalue weighted by atomic mass is 10.1. The van der Waals surface area contributed by atoms with Crippen LogP contribution in [0.3, 0.4) is 0 Å². The highest BCUT2D eigenvalue weighted by molar-refractivity contribution is 6.05. The molecular weight excluding hydrogens is 384 g/mol. The van der Waals surface area contributed by atoms with E-state index in [4.69, 9.17) is 4.74 Å². The lowest BCUT2D eigenvalue weighted by molar-refractivity contribution is 0.0681. The number of carbonyl (C=O) groups is 3. The molecule has 3 rings (SSSR count). The Hall–Kier alpha value is -4.07. The molecule has 0 aromatic heterocycles. The summed E-state index contributed by atoms with van der Waals surface area (Å²) in [7, 11) is 0. The maximum Gasteiger partial charge on any atom is 0.343 e. The van der Waals surface area contributed by atoms with Crippen molar-refractivity contribution in [3.8, 4) is 5.75 Å². The summed E-state index contributed by atoms with van der Waals surface area (Å²) in [5.74, 6) is -4.15. The lowest BCUT2D eigenvalue weighted by Crippen LogP contribution is -2.14. The van der Waals surface area contributed by atoms with Gasteiger partial charge in [-0.05, 0) is 60.7 Å². The van der Waals surface area contributed by atoms with Crippen LogP contribution in [0, 0.1) is 11.6 Å². The number of hydrogen-bond acceptors (Lipinski definition) is 4. The number of nitrogens with one attached hydrogen (secondary N) is 1. The number of carboxylic acid groups (broad SMARTS) is 1. The third kappa shape index (κ3) is 4.81. The minimum Gasteiger partial charge on any atom is -0.478 e. The molecule has 0 unspecified atom stereocenters. The highest BCUT2D eigenvalue weighted by atomic mass is 19.1. The third-order valence-electron chi connectivity index (χ3n) is 3.86. The number of amides is 1. The van der Waals surface area contributed by atoms with Crippen molar-refractivity contribution in [2.75, 3.05) is 5.32 Å². The molecule has 0 heterocycles. The van der Waals surface area contributed by atoms with E-state index in [0.29, 0.717) is 0 Å². The van der Waals surface area contributed by atoms with Crippen LogP contribution in [0.5, 0.6) is 5.75 Å². The van der Waals surface area contributed by atoms with E-state index in [1.807, 2.05) is 0 Å². The van der Waals surface area contributed by atoms with Gasteiger partial charge in [0.1, 0.15) is 22.9 Å². The second-order valence-electron chi connectivity index (χ2n) is 5.87. The van der Waals surface area contributed by atoms with Crippen molar-refractivity contribution >= 4 is 23.5 Å². The zero-order valence-electron chi connectivity index (χ0n) is 14.7. The number of anilines is 1. The number of halogens is 2. The Labute approximate surface area is 163 Å². The molecule has 0 atom stereocenters. The van der Waals surface area contributed by atoms with Crippen LogP contribution < -0.4 is 10.1 Å². The van der Waals surface area contributed by atoms with E-state index in [0.717, 1.165) is 30.3 Å². The van der Waals surface area contributed by atoms with Crippen LogP contribution >= 0.6 is 0 Å². The first-order chi connectivity index (χ1) is 13.8. The lowest BCUT2D eigenvalue weighted by Gasteiger charge is -2.11. The van der Waals surface area contributed by atoms with E-state index in [-0.39, 0.29) is 28.1 Å². The quantitative estimate of drug-likeness (QED) is 0.499. The van der Waals surface area contributed by atoms with Gasteiger partial charge in [-0.25, -0.2) is 18.4 Å². The Morgan fingerprint density at radius 2 is 1.34 bits per heavy atom. The van der Waals surface area contributed by atoms with Gasteiger partial charge in [0.15, 0.2) is 0 Å². The van der Waals surface area contributed by atoms with Crippen LogP contribution in [-0.2, 0) is 0 Å². The molecule has 146 valence electrons. The molecule has 0 fully saturated rings. The molecule has 8 heteroatoms. The van der Waals surface area contributed by atoms with Crippen LogP contribution in [0.4, 0.5) is 14.5 Å². The van der Waals surface area contributed by atoms with Gasteiger partial charge in [-0.3, -0.25) is 4.79 Å². The van der Waals surface area contributed by atoms with Crippen molar-refractivity contribution in [2.24, 2.45) is 0 Å². The predicted octanol–water partition coefficient (Wildman–Crippen LogP) is 4.13. The van der Waals surface area contributed by atoms with Gasteiger partial charge >= 0.3 is 11.9 Å². The Morgan fingerprint density at radius 1 is 0.793 bits per heavy atom. The highest BCUT2D eigenvalue weighted by Crippen LogP contribution is 2.25. The molecule has 1 amide bonds. The minimum absolute atomic E-state index is 0.0171. The van der Waals surface area contributed by atoms with Gasteiger partial charge in [-0.2, -0.15) is 0 Å². The number of carbonyl (C=O) groups excluding carboxylic acids is 2. The van der Waals surface area contributed by atoms with Crippen molar-refractivity contribution in [1.29, 1.82) is 0 Å². The summed E-state index contributed by atoms with van der Waals surface area (Å²) < 4.78 is 31.1. The summed E-state index contributed by atoms with van der Waals surface area (Å²) in [4.78, 5) is 35.9. The summed E-state index contributed by atoms with van der Waals surface area (Å²) in [5.41, 5.74) is 0.0496. The summed E-state index contributed by atoms with van der Waals surface area (Å²) >= 11 is 0. The highest BCUT2D eigenvalue weighted by Gasteiger charge is 2.18. The first-order valence-corrected chi connectivity index (χ1v) is 8.25. The van der Waals surface area contributed by atoms with Crippen molar-refractivity contribution in [1.82, 2.24) is 0 Å². The first-order valence-electron chi connectivity index (χ1n) is 8.25. The fourth-order valence-corrected chi connectivity index (χ4v) is 2.41. The van der Waals surface area contributed by atoms with Gasteiger partial charge in [-0.1, -0.05) is 0 Å². The maximum absolute atomic E-state index is 13.0. The van der Waals surface area contributed by atoms with Crippen LogP contribution in [0.1, 0.15) is 31.1 Å². The van der Waals surface area contributed by atoms with Gasteiger partial charge in [-0.15, -0.1) is 0 Å². The second-order valence-corrected chi connectivity index (χ2v) is 5.87. The number of aromatic carboxylic acids is 1. The molecule has 2 N–H and O–H groups in total. The van der Waals surface area contributed by atoms with Gasteiger partial charge in [0.25, 0.3) is 5.91 Å². The molecule has 0 spiro atoms. The van der Waals surface area contributed by atoms with Crippen LogP contribution in [0.2, 0.25) is 0 Å². The van der Waals surface area contributed by atoms with Crippen LogP contribution in [-0.4, -0.2) is 23.0 Å². The Kier molecular flexibility index (Phi) is 5.64. The number of hydrogen-bond donors (Lipinski definition) is 2. The maximum atomic E-state index is 13.0. The number of carboxylic acids is 1. The molecular formula is C21H13F2NO5. The smallest absolute Gasteiger partial charge is 0.343 e. The molecule has 0 aliphatic heterocycles. The molecule has 0 bridgehead atoms. The molecule has 0 radical (unpaired) electrons. The molecule has 0 saturated carbocycles. The fourth-order valence-electron chi connectivity index (χ4n) is 2.41. The van der Waals surface area contributed by atoms with Gasteiger partial charge in [0, 0.05) is 17.3 Å². The summed E-state index contributed by atoms with van der Waals surface area (Å²) in [6.07, 6.45) is 0. The van der Waals surface area contributed by atoms with Gasteiger partial charge in [0.2, 0.25) is 0 Å². The van der Waals surface area contributed by atoms with Crippen molar-refractivity contribution < 1.29 is 33.0 Å². The summed E-state index contributed by atoms with van der Waals surface area (Å²) in [5, 5.41) is 11.8. The molecule has 3 aromatic rings. The molecule has 6 nitrogen and oxygen atoms in total. The summed E-state index contributed by atoms with van der Waals surface area (Å²) in [6, 6.07) is 13.0. The largest absolute Gasteiger partial charge is 0.478 e. The van der Waals surface area contributed by atoms with Gasteiger partial charge in [0.05, 0.1) is 5.56 Å². The van der Waals surface area contributed by atoms with E-state index in [1.54, 1.807) is 0 Å². The van der Waals surface area contributed by atoms with Crippen molar-refractivity contribution in [3.05, 3.63) is 95.1 Å². The first kappa shape index (κ1) is 19.7. The van der Waals surface area contributed by atoms with Crippen LogP contribution in [0.25, 0.3) is 0 Å². The van der Waals surface area contributed by atoms with Gasteiger partial charge < -0.3 is 15.2 Å². The minimum atomic E-state index is -1.34. The predicted molar refractivity (Wildman–Crippen MR) is 99.1 cm³/mol. The topological polar surface area (TPSA) is 92.7 Å². The van der Waals surface area contributed by atoms with Crippen molar-refractivity contribution in [3.63, 3.8) is 0 Å². The standard InChI is InChI=1S/C21H13F2NO5/c22-14-5-1-12(2-6-14)19(25)24-16-9-10-17(20(26)27)18(11-16)29-21(28)13-3-7-15(23)8-4-13/h1-11H,(H,24,25)(H,26,27). The van der Waals surface area contributed by atoms with Crippen LogP contribution in [0.15, 0.2) is 66.7 Å². The summed E-state index contributed by atoms with van der Waals surface area (Å²) in [6.45, 7) is 0. The fraction of sp³-hybridized carbons (Fsp3) is 0. The molecule has 0 saturated heterocycles. The number of ether oxygens (including phenoxy) is 1. The third-order valence-corrected chi connectivity index (χ3v) is 3.86. The average Bonchev–Trinajstić information content (AvgIpc) is 2.69. The van der Waals surface area contributed by atoms with Crippen molar-refractivity contribution in [2.45, 2.75) is 0 Å². The monoisotopic (exact) mass is 397 g/mol. The second kappa shape index (κ2) is 8.30. The SMILES string of the molecule is O=C(Nc1ccc(C(=O)O)c(OC(=O)c2ccc(F)cc2)c1)c1ccc(F)cc1. The molecule has 29 heavy (non-hydrogen) atoms. The molecule has 0 aliphatic carbocycles. The Balaban J connectivity index is 1.84. The van der Waals surface area contributed by atoms with E-state index < -0.39 is 29.5 Å². The van der Waals surface area contributed by atoms with E-state index in [1.165, 1.54) is 36.4 Å². The number of esters is 1. The number of rotatable bonds is 5. The van der Waals surface area contributed by atoms with E-state index >= 15 is 0 Å². The van der Waals surface area contributed by atoms with E-state index in [2.05, 4.69) is 5.32 Å². The average molecular weight is 397 g/mol.